The van der Waals surface area contributed by atoms with Crippen LogP contribution in [0.1, 0.15) is 48.0 Å². The second-order valence-electron chi connectivity index (χ2n) is 8.08. The van der Waals surface area contributed by atoms with Crippen molar-refractivity contribution in [2.45, 2.75) is 44.7 Å². The third-order valence-corrected chi connectivity index (χ3v) is 5.98. The van der Waals surface area contributed by atoms with E-state index in [2.05, 4.69) is 10.3 Å². The summed E-state index contributed by atoms with van der Waals surface area (Å²) in [7, 11) is 2.97. The van der Waals surface area contributed by atoms with E-state index in [4.69, 9.17) is 9.47 Å². The number of nitrogens with zero attached hydrogens (tertiary/aromatic N) is 1. The zero-order valence-corrected chi connectivity index (χ0v) is 18.3. The van der Waals surface area contributed by atoms with Crippen molar-refractivity contribution in [1.82, 2.24) is 14.9 Å². The maximum absolute atomic E-state index is 13.0. The van der Waals surface area contributed by atoms with Crippen molar-refractivity contribution in [2.75, 3.05) is 14.2 Å². The van der Waals surface area contributed by atoms with Gasteiger partial charge >= 0.3 is 5.69 Å². The molecule has 1 aromatic heterocycles. The van der Waals surface area contributed by atoms with Crippen LogP contribution >= 0.6 is 0 Å². The zero-order chi connectivity index (χ0) is 22.7. The highest BCUT2D eigenvalue weighted by atomic mass is 16.5. The fourth-order valence-electron chi connectivity index (χ4n) is 4.18. The average Bonchev–Trinajstić information content (AvgIpc) is 2.82. The number of hydrogen-bond acceptors (Lipinski definition) is 5. The molecule has 8 nitrogen and oxygen atoms in total. The Kier molecular flexibility index (Phi) is 6.30. The van der Waals surface area contributed by atoms with E-state index < -0.39 is 11.2 Å². The van der Waals surface area contributed by atoms with Gasteiger partial charge in [-0.3, -0.25) is 14.2 Å². The van der Waals surface area contributed by atoms with Gasteiger partial charge < -0.3 is 19.8 Å². The highest BCUT2D eigenvalue weighted by molar-refractivity contribution is 5.94. The van der Waals surface area contributed by atoms with Crippen molar-refractivity contribution >= 4 is 16.8 Å². The fraction of sp³-hybridized carbons (Fsp3) is 0.375. The van der Waals surface area contributed by atoms with Crippen molar-refractivity contribution in [3.05, 3.63) is 68.4 Å². The molecule has 0 saturated heterocycles. The molecule has 1 heterocycles. The molecule has 4 rings (SSSR count). The number of rotatable bonds is 6. The summed E-state index contributed by atoms with van der Waals surface area (Å²) in [5, 5.41) is 3.42. The molecule has 0 atom stereocenters. The predicted molar refractivity (Wildman–Crippen MR) is 122 cm³/mol. The van der Waals surface area contributed by atoms with Gasteiger partial charge in [0.05, 0.1) is 31.7 Å². The molecule has 0 bridgehead atoms. The first-order valence-corrected chi connectivity index (χ1v) is 10.8. The van der Waals surface area contributed by atoms with Crippen molar-refractivity contribution in [2.24, 2.45) is 0 Å². The molecule has 168 valence electrons. The second-order valence-corrected chi connectivity index (χ2v) is 8.08. The lowest BCUT2D eigenvalue weighted by molar-refractivity contribution is 0.0927. The highest BCUT2D eigenvalue weighted by Crippen LogP contribution is 2.29. The number of fused-ring (bicyclic) bond motifs is 1. The highest BCUT2D eigenvalue weighted by Gasteiger charge is 2.17. The molecule has 0 radical (unpaired) electrons. The van der Waals surface area contributed by atoms with Gasteiger partial charge in [0, 0.05) is 17.7 Å². The summed E-state index contributed by atoms with van der Waals surface area (Å²) in [4.78, 5) is 40.8. The van der Waals surface area contributed by atoms with Gasteiger partial charge in [-0.15, -0.1) is 0 Å². The second kappa shape index (κ2) is 9.30. The first-order chi connectivity index (χ1) is 15.5. The van der Waals surface area contributed by atoms with E-state index in [-0.39, 0.29) is 18.5 Å². The maximum Gasteiger partial charge on any atom is 0.329 e. The van der Waals surface area contributed by atoms with Crippen LogP contribution in [0.25, 0.3) is 10.9 Å². The number of hydrogen-bond donors (Lipinski definition) is 2. The molecule has 8 heteroatoms. The topological polar surface area (TPSA) is 102 Å². The molecule has 0 spiro atoms. The third kappa shape index (κ3) is 4.39. The Bertz CT molecular complexity index is 1240. The van der Waals surface area contributed by atoms with Gasteiger partial charge in [0.1, 0.15) is 0 Å². The average molecular weight is 437 g/mol. The Hall–Kier alpha value is -3.55. The summed E-state index contributed by atoms with van der Waals surface area (Å²) in [6.07, 6.45) is 5.58. The summed E-state index contributed by atoms with van der Waals surface area (Å²) in [6.45, 7) is 0.0863. The molecule has 1 aliphatic carbocycles. The van der Waals surface area contributed by atoms with Crippen LogP contribution in [0, 0.1) is 0 Å². The normalized spacial score (nSPS) is 14.3. The number of H-pyrrole nitrogens is 1. The van der Waals surface area contributed by atoms with Gasteiger partial charge in [-0.05, 0) is 36.6 Å². The molecule has 2 N–H and O–H groups in total. The van der Waals surface area contributed by atoms with Crippen molar-refractivity contribution in [1.29, 1.82) is 0 Å². The van der Waals surface area contributed by atoms with E-state index in [9.17, 15) is 14.4 Å². The summed E-state index contributed by atoms with van der Waals surface area (Å²) >= 11 is 0. The summed E-state index contributed by atoms with van der Waals surface area (Å²) in [6, 6.07) is 10.3. The quantitative estimate of drug-likeness (QED) is 0.617. The minimum absolute atomic E-state index is 0.0863. The SMILES string of the molecule is COc1cc2[nH]c(=O)n(Cc3ccc(C(=O)NC4CCCCC4)cc3)c(=O)c2cc1OC. The molecular formula is C24H27N3O5. The Balaban J connectivity index is 1.57. The van der Waals surface area contributed by atoms with Crippen molar-refractivity contribution in [3.63, 3.8) is 0 Å². The van der Waals surface area contributed by atoms with Crippen LogP contribution in [0.2, 0.25) is 0 Å². The largest absolute Gasteiger partial charge is 0.493 e. The number of aromatic amines is 1. The molecule has 2 aromatic carbocycles. The molecule has 32 heavy (non-hydrogen) atoms. The van der Waals surface area contributed by atoms with Gasteiger partial charge in [-0.2, -0.15) is 0 Å². The molecule has 1 amide bonds. The molecule has 1 fully saturated rings. The van der Waals surface area contributed by atoms with Gasteiger partial charge in [-0.1, -0.05) is 31.4 Å². The number of methoxy groups -OCH3 is 2. The van der Waals surface area contributed by atoms with Crippen LogP contribution in [-0.4, -0.2) is 35.7 Å². The van der Waals surface area contributed by atoms with Crippen LogP contribution < -0.4 is 26.0 Å². The number of carbonyl (C=O) groups is 1. The summed E-state index contributed by atoms with van der Waals surface area (Å²) in [5.41, 5.74) is 0.740. The minimum atomic E-state index is -0.520. The number of aromatic nitrogens is 2. The standard InChI is InChI=1S/C24H27N3O5/c1-31-20-12-18-19(13-21(20)32-2)26-24(30)27(23(18)29)14-15-8-10-16(11-9-15)22(28)25-17-6-4-3-5-7-17/h8-13,17H,3-7,14H2,1-2H3,(H,25,28)(H,26,30). The Morgan fingerprint density at radius 2 is 1.69 bits per heavy atom. The molecule has 1 saturated carbocycles. The van der Waals surface area contributed by atoms with E-state index in [0.29, 0.717) is 28.0 Å². The first kappa shape index (κ1) is 21.7. The van der Waals surface area contributed by atoms with Crippen LogP contribution in [0.4, 0.5) is 0 Å². The first-order valence-electron chi connectivity index (χ1n) is 10.8. The smallest absolute Gasteiger partial charge is 0.329 e. The monoisotopic (exact) mass is 437 g/mol. The van der Waals surface area contributed by atoms with Crippen LogP contribution in [0.5, 0.6) is 11.5 Å². The number of benzene rings is 2. The van der Waals surface area contributed by atoms with Crippen molar-refractivity contribution < 1.29 is 14.3 Å². The Morgan fingerprint density at radius 3 is 2.34 bits per heavy atom. The summed E-state index contributed by atoms with van der Waals surface area (Å²) < 4.78 is 11.6. The van der Waals surface area contributed by atoms with Gasteiger partial charge in [0.2, 0.25) is 0 Å². The third-order valence-electron chi connectivity index (χ3n) is 5.98. The number of carbonyl (C=O) groups excluding carboxylic acids is 1. The lowest BCUT2D eigenvalue weighted by Crippen LogP contribution is -2.36. The summed E-state index contributed by atoms with van der Waals surface area (Å²) in [5.74, 6) is 0.740. The van der Waals surface area contributed by atoms with Gasteiger partial charge in [0.15, 0.2) is 11.5 Å². The molecular weight excluding hydrogens is 410 g/mol. The van der Waals surface area contributed by atoms with E-state index in [1.807, 2.05) is 0 Å². The van der Waals surface area contributed by atoms with E-state index in [1.54, 1.807) is 36.4 Å². The number of amides is 1. The van der Waals surface area contributed by atoms with Gasteiger partial charge in [0.25, 0.3) is 11.5 Å². The van der Waals surface area contributed by atoms with E-state index in [1.165, 1.54) is 20.6 Å². The Morgan fingerprint density at radius 1 is 1.03 bits per heavy atom. The molecule has 1 aliphatic rings. The maximum atomic E-state index is 13.0. The lowest BCUT2D eigenvalue weighted by atomic mass is 9.95. The minimum Gasteiger partial charge on any atom is -0.493 e. The van der Waals surface area contributed by atoms with E-state index >= 15 is 0 Å². The lowest BCUT2D eigenvalue weighted by Gasteiger charge is -2.22. The van der Waals surface area contributed by atoms with Crippen LogP contribution in [0.15, 0.2) is 46.0 Å². The molecule has 3 aromatic rings. The van der Waals surface area contributed by atoms with Crippen molar-refractivity contribution in [3.8, 4) is 11.5 Å². The molecule has 0 unspecified atom stereocenters. The van der Waals surface area contributed by atoms with Crippen LogP contribution in [-0.2, 0) is 6.54 Å². The number of nitrogens with one attached hydrogen (secondary N) is 2. The fourth-order valence-corrected chi connectivity index (χ4v) is 4.18. The predicted octanol–water partition coefficient (Wildman–Crippen LogP) is 2.82. The van der Waals surface area contributed by atoms with E-state index in [0.717, 1.165) is 35.8 Å². The number of ether oxygens (including phenoxy) is 2. The van der Waals surface area contributed by atoms with Gasteiger partial charge in [-0.25, -0.2) is 4.79 Å². The molecule has 0 aliphatic heterocycles. The van der Waals surface area contributed by atoms with Crippen LogP contribution in [0.3, 0.4) is 0 Å². The zero-order valence-electron chi connectivity index (χ0n) is 18.3. The Labute approximate surface area is 185 Å².